The highest BCUT2D eigenvalue weighted by Crippen LogP contribution is 2.56. The summed E-state index contributed by atoms with van der Waals surface area (Å²) in [7, 11) is 0. The van der Waals surface area contributed by atoms with E-state index < -0.39 is 24.5 Å². The van der Waals surface area contributed by atoms with Crippen LogP contribution in [0.4, 0.5) is 5.69 Å². The second kappa shape index (κ2) is 7.44. The fourth-order valence-electron chi connectivity index (χ4n) is 5.04. The van der Waals surface area contributed by atoms with Crippen molar-refractivity contribution in [2.24, 2.45) is 23.7 Å². The van der Waals surface area contributed by atoms with Crippen LogP contribution in [0.25, 0.3) is 0 Å². The molecular weight excluding hydrogens is 396 g/mol. The number of esters is 1. The Kier molecular flexibility index (Phi) is 5.11. The molecule has 5 atom stereocenters. The van der Waals surface area contributed by atoms with Crippen LogP contribution in [0.5, 0.6) is 0 Å². The molecule has 0 aromatic heterocycles. The largest absolute Gasteiger partial charge is 0.454 e. The number of imide groups is 1. The van der Waals surface area contributed by atoms with Crippen LogP contribution in [-0.2, 0) is 23.9 Å². The van der Waals surface area contributed by atoms with E-state index in [0.29, 0.717) is 10.7 Å². The summed E-state index contributed by atoms with van der Waals surface area (Å²) >= 11 is 6.03. The van der Waals surface area contributed by atoms with Crippen molar-refractivity contribution in [2.75, 3.05) is 11.9 Å². The molecule has 3 amide bonds. The highest BCUT2D eigenvalue weighted by Gasteiger charge is 2.62. The summed E-state index contributed by atoms with van der Waals surface area (Å²) < 4.78 is 5.06. The van der Waals surface area contributed by atoms with Crippen LogP contribution < -0.4 is 5.32 Å². The molecule has 0 spiro atoms. The molecule has 1 aromatic carbocycles. The maximum absolute atomic E-state index is 12.8. The third kappa shape index (κ3) is 3.41. The van der Waals surface area contributed by atoms with Gasteiger partial charge in [0.2, 0.25) is 11.8 Å². The molecule has 1 aliphatic heterocycles. The lowest BCUT2D eigenvalue weighted by Gasteiger charge is -2.23. The second-order valence-corrected chi connectivity index (χ2v) is 8.63. The van der Waals surface area contributed by atoms with Gasteiger partial charge in [0.1, 0.15) is 6.04 Å². The van der Waals surface area contributed by atoms with Crippen LogP contribution in [0.1, 0.15) is 31.7 Å². The lowest BCUT2D eigenvalue weighted by molar-refractivity contribution is -0.159. The van der Waals surface area contributed by atoms with Crippen molar-refractivity contribution in [3.63, 3.8) is 0 Å². The average molecular weight is 419 g/mol. The zero-order chi connectivity index (χ0) is 20.9. The van der Waals surface area contributed by atoms with Crippen LogP contribution in [0, 0.1) is 30.6 Å². The van der Waals surface area contributed by atoms with Crippen LogP contribution in [0.3, 0.4) is 0 Å². The van der Waals surface area contributed by atoms with E-state index in [1.807, 2.05) is 6.92 Å². The molecule has 4 rings (SSSR count). The number of nitrogens with zero attached hydrogens (tertiary/aromatic N) is 1. The van der Waals surface area contributed by atoms with Gasteiger partial charge in [0.25, 0.3) is 5.91 Å². The topological polar surface area (TPSA) is 92.8 Å². The van der Waals surface area contributed by atoms with Crippen molar-refractivity contribution in [3.05, 3.63) is 28.8 Å². The fourth-order valence-corrected chi connectivity index (χ4v) is 5.22. The summed E-state index contributed by atoms with van der Waals surface area (Å²) in [4.78, 5) is 51.1. The number of benzene rings is 1. The quantitative estimate of drug-likeness (QED) is 0.586. The standard InChI is InChI=1S/C21H23ClN2O5/c1-10-3-6-14(8-15(10)22)23-16(25)9-29-21(28)11(2)24-19(26)17-12-4-5-13(7-12)18(17)20(24)27/h3,6,8,11-13,17-18H,4-5,7,9H2,1-2H3,(H,23,25)/t11-,12-,13-,17-,18+/m1/s1. The number of amides is 3. The number of hydrogen-bond donors (Lipinski definition) is 1. The smallest absolute Gasteiger partial charge is 0.329 e. The van der Waals surface area contributed by atoms with Crippen molar-refractivity contribution in [1.29, 1.82) is 0 Å². The number of carbonyl (C=O) groups is 4. The van der Waals surface area contributed by atoms with E-state index in [0.717, 1.165) is 29.7 Å². The number of carbonyl (C=O) groups excluding carboxylic acids is 4. The predicted molar refractivity (Wildman–Crippen MR) is 105 cm³/mol. The number of anilines is 1. The van der Waals surface area contributed by atoms with Crippen molar-refractivity contribution >= 4 is 41.0 Å². The van der Waals surface area contributed by atoms with E-state index in [1.165, 1.54) is 6.92 Å². The molecule has 1 N–H and O–H groups in total. The highest BCUT2D eigenvalue weighted by atomic mass is 35.5. The van der Waals surface area contributed by atoms with E-state index in [9.17, 15) is 19.2 Å². The fraction of sp³-hybridized carbons (Fsp3) is 0.524. The van der Waals surface area contributed by atoms with E-state index in [2.05, 4.69) is 5.32 Å². The minimum atomic E-state index is -1.04. The van der Waals surface area contributed by atoms with Crippen LogP contribution in [0.2, 0.25) is 5.02 Å². The Hall–Kier alpha value is -2.41. The molecule has 8 heteroatoms. The first-order valence-corrected chi connectivity index (χ1v) is 10.2. The lowest BCUT2D eigenvalue weighted by Crippen LogP contribution is -2.45. The molecule has 29 heavy (non-hydrogen) atoms. The summed E-state index contributed by atoms with van der Waals surface area (Å²) in [5, 5.41) is 3.11. The Morgan fingerprint density at radius 3 is 2.41 bits per heavy atom. The van der Waals surface area contributed by atoms with Gasteiger partial charge in [-0.2, -0.15) is 0 Å². The first-order chi connectivity index (χ1) is 13.8. The summed E-state index contributed by atoms with van der Waals surface area (Å²) in [5.74, 6) is -1.90. The molecule has 0 radical (unpaired) electrons. The molecule has 3 aliphatic rings. The van der Waals surface area contributed by atoms with E-state index in [1.54, 1.807) is 18.2 Å². The lowest BCUT2D eigenvalue weighted by atomic mass is 9.81. The third-order valence-corrected chi connectivity index (χ3v) is 6.90. The van der Waals surface area contributed by atoms with Gasteiger partial charge >= 0.3 is 5.97 Å². The van der Waals surface area contributed by atoms with Gasteiger partial charge < -0.3 is 10.1 Å². The Bertz CT molecular complexity index is 873. The molecule has 2 bridgehead atoms. The number of likely N-dealkylation sites (tertiary alicyclic amines) is 1. The maximum atomic E-state index is 12.8. The Morgan fingerprint density at radius 2 is 1.83 bits per heavy atom. The number of halogens is 1. The van der Waals surface area contributed by atoms with Crippen LogP contribution in [-0.4, -0.2) is 41.2 Å². The molecule has 2 saturated carbocycles. The molecule has 1 heterocycles. The number of aryl methyl sites for hydroxylation is 1. The zero-order valence-corrected chi connectivity index (χ0v) is 17.1. The molecule has 1 aromatic rings. The minimum absolute atomic E-state index is 0.252. The van der Waals surface area contributed by atoms with Gasteiger partial charge in [-0.15, -0.1) is 0 Å². The van der Waals surface area contributed by atoms with Gasteiger partial charge in [0.05, 0.1) is 11.8 Å². The summed E-state index contributed by atoms with van der Waals surface area (Å²) in [6.07, 6.45) is 2.88. The van der Waals surface area contributed by atoms with E-state index in [4.69, 9.17) is 16.3 Å². The minimum Gasteiger partial charge on any atom is -0.454 e. The number of hydrogen-bond acceptors (Lipinski definition) is 5. The molecule has 154 valence electrons. The second-order valence-electron chi connectivity index (χ2n) is 8.23. The van der Waals surface area contributed by atoms with Gasteiger partial charge in [0.15, 0.2) is 6.61 Å². The maximum Gasteiger partial charge on any atom is 0.329 e. The first-order valence-electron chi connectivity index (χ1n) is 9.87. The monoisotopic (exact) mass is 418 g/mol. The first kappa shape index (κ1) is 19.9. The predicted octanol–water partition coefficient (Wildman–Crippen LogP) is 2.55. The Balaban J connectivity index is 1.34. The van der Waals surface area contributed by atoms with Gasteiger partial charge in [-0.3, -0.25) is 19.3 Å². The molecule has 1 saturated heterocycles. The summed E-state index contributed by atoms with van der Waals surface area (Å²) in [5.41, 5.74) is 1.37. The molecule has 0 unspecified atom stereocenters. The van der Waals surface area contributed by atoms with Crippen molar-refractivity contribution in [1.82, 2.24) is 4.90 Å². The van der Waals surface area contributed by atoms with Crippen LogP contribution in [0.15, 0.2) is 18.2 Å². The SMILES string of the molecule is Cc1ccc(NC(=O)COC(=O)[C@@H](C)N2C(=O)[C@@H]3[C@@H]4CC[C@H](C4)[C@@H]3C2=O)cc1Cl. The van der Waals surface area contributed by atoms with Crippen LogP contribution >= 0.6 is 11.6 Å². The number of ether oxygens (including phenoxy) is 1. The zero-order valence-electron chi connectivity index (χ0n) is 16.3. The third-order valence-electron chi connectivity index (χ3n) is 6.49. The van der Waals surface area contributed by atoms with Gasteiger partial charge in [-0.25, -0.2) is 4.79 Å². The number of nitrogens with one attached hydrogen (secondary N) is 1. The normalized spacial score (nSPS) is 28.4. The highest BCUT2D eigenvalue weighted by molar-refractivity contribution is 6.31. The molecule has 2 aliphatic carbocycles. The summed E-state index contributed by atoms with van der Waals surface area (Å²) in [6, 6.07) is 4.02. The molecular formula is C21H23ClN2O5. The molecule has 7 nitrogen and oxygen atoms in total. The van der Waals surface area contributed by atoms with E-state index in [-0.39, 0.29) is 35.5 Å². The summed E-state index contributed by atoms with van der Waals surface area (Å²) in [6.45, 7) is 2.80. The van der Waals surface area contributed by atoms with Crippen molar-refractivity contribution in [2.45, 2.75) is 39.2 Å². The van der Waals surface area contributed by atoms with Gasteiger partial charge in [-0.1, -0.05) is 17.7 Å². The Labute approximate surface area is 173 Å². The van der Waals surface area contributed by atoms with E-state index >= 15 is 0 Å². The average Bonchev–Trinajstić information content (AvgIpc) is 3.36. The van der Waals surface area contributed by atoms with Gasteiger partial charge in [0, 0.05) is 10.7 Å². The van der Waals surface area contributed by atoms with Gasteiger partial charge in [-0.05, 0) is 62.6 Å². The number of rotatable bonds is 5. The molecule has 3 fully saturated rings. The number of fused-ring (bicyclic) bond motifs is 5. The van der Waals surface area contributed by atoms with Crippen molar-refractivity contribution < 1.29 is 23.9 Å². The Morgan fingerprint density at radius 1 is 1.21 bits per heavy atom. The van der Waals surface area contributed by atoms with Crippen molar-refractivity contribution in [3.8, 4) is 0 Å².